The average Bonchev–Trinajstić information content (AvgIpc) is 2.70. The Hall–Kier alpha value is -3.68. The smallest absolute Gasteiger partial charge is 0.198 e. The molecular formula is C16H10N8. The monoisotopic (exact) mass is 314 g/mol. The molecule has 0 radical (unpaired) electrons. The van der Waals surface area contributed by atoms with Gasteiger partial charge in [0, 0.05) is 31.0 Å². The van der Waals surface area contributed by atoms with E-state index in [0.717, 1.165) is 0 Å². The van der Waals surface area contributed by atoms with Crippen LogP contribution in [0.25, 0.3) is 34.4 Å². The van der Waals surface area contributed by atoms with E-state index in [1.807, 2.05) is 0 Å². The van der Waals surface area contributed by atoms with Gasteiger partial charge in [0.1, 0.15) is 17.1 Å². The summed E-state index contributed by atoms with van der Waals surface area (Å²) in [5.74, 6) is 0.886. The minimum atomic E-state index is 0.430. The maximum atomic E-state index is 4.55. The van der Waals surface area contributed by atoms with E-state index in [0.29, 0.717) is 34.4 Å². The molecule has 4 aromatic heterocycles. The van der Waals surface area contributed by atoms with Crippen molar-refractivity contribution in [3.05, 3.63) is 61.7 Å². The van der Waals surface area contributed by atoms with E-state index >= 15 is 0 Å². The van der Waals surface area contributed by atoms with Crippen LogP contribution in [-0.2, 0) is 0 Å². The van der Waals surface area contributed by atoms with E-state index in [1.165, 1.54) is 0 Å². The van der Waals surface area contributed by atoms with Gasteiger partial charge in [-0.25, -0.2) is 24.9 Å². The van der Waals surface area contributed by atoms with Gasteiger partial charge in [0.2, 0.25) is 0 Å². The predicted molar refractivity (Wildman–Crippen MR) is 85.1 cm³/mol. The van der Waals surface area contributed by atoms with Crippen molar-refractivity contribution in [2.75, 3.05) is 0 Å². The Morgan fingerprint density at radius 2 is 1.25 bits per heavy atom. The number of hydrogen-bond acceptors (Lipinski definition) is 8. The lowest BCUT2D eigenvalue weighted by atomic mass is 10.2. The van der Waals surface area contributed by atoms with Crippen LogP contribution < -0.4 is 0 Å². The molecule has 0 aliphatic carbocycles. The molecule has 0 aromatic carbocycles. The first-order chi connectivity index (χ1) is 11.9. The molecule has 0 saturated heterocycles. The van der Waals surface area contributed by atoms with Crippen LogP contribution in [0.3, 0.4) is 0 Å². The number of hydrogen-bond donors (Lipinski definition) is 0. The lowest BCUT2D eigenvalue weighted by Gasteiger charge is -2.04. The van der Waals surface area contributed by atoms with Crippen molar-refractivity contribution in [3.8, 4) is 34.4 Å². The minimum Gasteiger partial charge on any atom is -0.261 e. The highest BCUT2D eigenvalue weighted by atomic mass is 15.0. The van der Waals surface area contributed by atoms with Crippen molar-refractivity contribution in [2.24, 2.45) is 0 Å². The summed E-state index contributed by atoms with van der Waals surface area (Å²) in [6.45, 7) is 0. The summed E-state index contributed by atoms with van der Waals surface area (Å²) >= 11 is 0. The Morgan fingerprint density at radius 3 is 2.04 bits per heavy atom. The summed E-state index contributed by atoms with van der Waals surface area (Å²) in [5.41, 5.74) is 2.51. The van der Waals surface area contributed by atoms with Crippen LogP contribution in [0.5, 0.6) is 0 Å². The lowest BCUT2D eigenvalue weighted by Crippen LogP contribution is -1.98. The van der Waals surface area contributed by atoms with E-state index in [2.05, 4.69) is 39.9 Å². The summed E-state index contributed by atoms with van der Waals surface area (Å²) in [4.78, 5) is 34.0. The highest BCUT2D eigenvalue weighted by molar-refractivity contribution is 5.60. The highest BCUT2D eigenvalue weighted by Crippen LogP contribution is 2.19. The largest absolute Gasteiger partial charge is 0.261 e. The molecule has 8 nitrogen and oxygen atoms in total. The van der Waals surface area contributed by atoms with E-state index in [-0.39, 0.29) is 0 Å². The van der Waals surface area contributed by atoms with Crippen molar-refractivity contribution in [1.82, 2.24) is 39.9 Å². The van der Waals surface area contributed by atoms with Crippen molar-refractivity contribution < 1.29 is 0 Å². The summed E-state index contributed by atoms with van der Waals surface area (Å²) in [5, 5.41) is 0. The molecule has 24 heavy (non-hydrogen) atoms. The Kier molecular flexibility index (Phi) is 3.61. The molecule has 4 heterocycles. The molecule has 4 aromatic rings. The molecule has 0 N–H and O–H groups in total. The van der Waals surface area contributed by atoms with E-state index < -0.39 is 0 Å². The fraction of sp³-hybridized carbons (Fsp3) is 0. The maximum Gasteiger partial charge on any atom is 0.198 e. The highest BCUT2D eigenvalue weighted by Gasteiger charge is 2.09. The van der Waals surface area contributed by atoms with Gasteiger partial charge >= 0.3 is 0 Å². The molecule has 8 heteroatoms. The molecule has 0 fully saturated rings. The van der Waals surface area contributed by atoms with E-state index in [1.54, 1.807) is 61.7 Å². The minimum absolute atomic E-state index is 0.430. The van der Waals surface area contributed by atoms with Gasteiger partial charge in [-0.3, -0.25) is 15.0 Å². The molecule has 4 rings (SSSR count). The standard InChI is InChI=1S/C16H10N8/c1-3-20-15(21-4-1)16-22-5-2-11(24-16)13-9-18-10-14(23-13)12-8-17-6-7-19-12/h1-10H. The van der Waals surface area contributed by atoms with Crippen LogP contribution in [0.15, 0.2) is 61.7 Å². The fourth-order valence-electron chi connectivity index (χ4n) is 2.07. The van der Waals surface area contributed by atoms with Gasteiger partial charge in [-0.15, -0.1) is 0 Å². The van der Waals surface area contributed by atoms with Gasteiger partial charge in [-0.05, 0) is 12.1 Å². The Labute approximate surface area is 136 Å². The summed E-state index contributed by atoms with van der Waals surface area (Å²) in [6, 6.07) is 3.50. The normalized spacial score (nSPS) is 10.5. The third-order valence-electron chi connectivity index (χ3n) is 3.14. The Bertz CT molecular complexity index is 879. The van der Waals surface area contributed by atoms with Crippen molar-refractivity contribution in [3.63, 3.8) is 0 Å². The zero-order chi connectivity index (χ0) is 16.2. The van der Waals surface area contributed by atoms with Crippen LogP contribution in [0.2, 0.25) is 0 Å². The third-order valence-corrected chi connectivity index (χ3v) is 3.14. The van der Waals surface area contributed by atoms with Gasteiger partial charge in [0.25, 0.3) is 0 Å². The van der Waals surface area contributed by atoms with E-state index in [9.17, 15) is 0 Å². The average molecular weight is 314 g/mol. The van der Waals surface area contributed by atoms with Gasteiger partial charge in [-0.1, -0.05) is 0 Å². The third kappa shape index (κ3) is 2.80. The first-order valence-electron chi connectivity index (χ1n) is 7.09. The molecule has 0 saturated carbocycles. The van der Waals surface area contributed by atoms with Crippen molar-refractivity contribution in [1.29, 1.82) is 0 Å². The molecule has 0 atom stereocenters. The van der Waals surface area contributed by atoms with Crippen LogP contribution >= 0.6 is 0 Å². The fourth-order valence-corrected chi connectivity index (χ4v) is 2.07. The van der Waals surface area contributed by atoms with Crippen molar-refractivity contribution >= 4 is 0 Å². The quantitative estimate of drug-likeness (QED) is 0.564. The second kappa shape index (κ2) is 6.21. The second-order valence-corrected chi connectivity index (χ2v) is 4.72. The summed E-state index contributed by atoms with van der Waals surface area (Å²) in [7, 11) is 0. The van der Waals surface area contributed by atoms with Gasteiger partial charge in [-0.2, -0.15) is 0 Å². The van der Waals surface area contributed by atoms with Crippen LogP contribution in [-0.4, -0.2) is 39.9 Å². The molecule has 0 spiro atoms. The zero-order valence-corrected chi connectivity index (χ0v) is 12.4. The van der Waals surface area contributed by atoms with Gasteiger partial charge in [0.05, 0.1) is 24.3 Å². The van der Waals surface area contributed by atoms with Crippen molar-refractivity contribution in [2.45, 2.75) is 0 Å². The first kappa shape index (κ1) is 13.9. The van der Waals surface area contributed by atoms with Gasteiger partial charge < -0.3 is 0 Å². The van der Waals surface area contributed by atoms with Gasteiger partial charge in [0.15, 0.2) is 11.6 Å². The number of rotatable bonds is 3. The molecule has 114 valence electrons. The van der Waals surface area contributed by atoms with E-state index in [4.69, 9.17) is 0 Å². The molecule has 0 aliphatic heterocycles. The molecule has 0 aliphatic rings. The maximum absolute atomic E-state index is 4.55. The van der Waals surface area contributed by atoms with Crippen LogP contribution in [0.1, 0.15) is 0 Å². The summed E-state index contributed by atoms with van der Waals surface area (Å²) in [6.07, 6.45) is 13.1. The Morgan fingerprint density at radius 1 is 0.500 bits per heavy atom. The molecule has 0 bridgehead atoms. The number of aromatic nitrogens is 8. The number of nitrogens with zero attached hydrogens (tertiary/aromatic N) is 8. The summed E-state index contributed by atoms with van der Waals surface area (Å²) < 4.78 is 0. The topological polar surface area (TPSA) is 103 Å². The second-order valence-electron chi connectivity index (χ2n) is 4.72. The lowest BCUT2D eigenvalue weighted by molar-refractivity contribution is 1.07. The van der Waals surface area contributed by atoms with Crippen LogP contribution in [0, 0.1) is 0 Å². The SMILES string of the molecule is c1cnc(-c2nccc(-c3cncc(-c4cnccn4)n3)n2)nc1. The zero-order valence-electron chi connectivity index (χ0n) is 12.4. The van der Waals surface area contributed by atoms with Crippen LogP contribution in [0.4, 0.5) is 0 Å². The molecule has 0 unspecified atom stereocenters. The molecular weight excluding hydrogens is 304 g/mol. The molecule has 0 amide bonds. The Balaban J connectivity index is 1.75. The predicted octanol–water partition coefficient (Wildman–Crippen LogP) is 1.85. The first-order valence-corrected chi connectivity index (χ1v) is 7.09.